The van der Waals surface area contributed by atoms with Gasteiger partial charge in [0.15, 0.2) is 5.84 Å². The van der Waals surface area contributed by atoms with Gasteiger partial charge in [-0.1, -0.05) is 12.1 Å². The zero-order valence-electron chi connectivity index (χ0n) is 16.3. The van der Waals surface area contributed by atoms with Crippen molar-refractivity contribution < 1.29 is 4.74 Å². The minimum absolute atomic E-state index is 0. The van der Waals surface area contributed by atoms with Gasteiger partial charge in [0.25, 0.3) is 0 Å². The number of aromatic nitrogens is 1. The standard InChI is InChI=1S/C19H25N5OS.2ClH/c1-13-20-17-18(24-10-9-23(2)14(12-24)8-11-25-3)21-15-6-4-5-7-16(15)22-19(17)26-13;;/h4-7,14,22H,8-12H2,1-3H3;2*1H. The van der Waals surface area contributed by atoms with Crippen LogP contribution in [-0.2, 0) is 4.74 Å². The number of likely N-dealkylation sites (N-methyl/N-ethyl adjacent to an activating group) is 1. The fraction of sp³-hybridized carbons (Fsp3) is 0.474. The summed E-state index contributed by atoms with van der Waals surface area (Å²) in [5.41, 5.74) is 2.98. The van der Waals surface area contributed by atoms with Crippen LogP contribution in [0.5, 0.6) is 0 Å². The number of nitrogens with zero attached hydrogens (tertiary/aromatic N) is 4. The van der Waals surface area contributed by atoms with Crippen molar-refractivity contribution in [2.24, 2.45) is 4.99 Å². The molecule has 2 aromatic rings. The zero-order chi connectivity index (χ0) is 18.1. The Morgan fingerprint density at radius 3 is 2.82 bits per heavy atom. The summed E-state index contributed by atoms with van der Waals surface area (Å²) >= 11 is 1.69. The number of halogens is 2. The molecule has 0 spiro atoms. The molecule has 0 bridgehead atoms. The first-order chi connectivity index (χ1) is 12.7. The number of piperazine rings is 1. The average Bonchev–Trinajstić information content (AvgIpc) is 2.93. The van der Waals surface area contributed by atoms with Crippen molar-refractivity contribution in [3.8, 4) is 0 Å². The van der Waals surface area contributed by atoms with E-state index in [-0.39, 0.29) is 24.8 Å². The van der Waals surface area contributed by atoms with Crippen LogP contribution in [0.3, 0.4) is 0 Å². The molecule has 9 heteroatoms. The summed E-state index contributed by atoms with van der Waals surface area (Å²) in [5.74, 6) is 0.984. The second kappa shape index (κ2) is 9.89. The van der Waals surface area contributed by atoms with E-state index in [4.69, 9.17) is 14.7 Å². The van der Waals surface area contributed by atoms with E-state index in [0.717, 1.165) is 65.6 Å². The van der Waals surface area contributed by atoms with Crippen LogP contribution in [0, 0.1) is 6.92 Å². The number of benzene rings is 1. The smallest absolute Gasteiger partial charge is 0.158 e. The number of hydrogen-bond acceptors (Lipinski definition) is 7. The molecule has 154 valence electrons. The molecule has 28 heavy (non-hydrogen) atoms. The van der Waals surface area contributed by atoms with Crippen LogP contribution in [0.15, 0.2) is 29.3 Å². The molecule has 0 radical (unpaired) electrons. The Kier molecular flexibility index (Phi) is 8.09. The van der Waals surface area contributed by atoms with Gasteiger partial charge in [0.05, 0.1) is 16.4 Å². The van der Waals surface area contributed by atoms with Gasteiger partial charge < -0.3 is 15.0 Å². The van der Waals surface area contributed by atoms with Gasteiger partial charge in [-0.2, -0.15) is 0 Å². The van der Waals surface area contributed by atoms with Gasteiger partial charge in [-0.05, 0) is 32.5 Å². The largest absolute Gasteiger partial charge is 0.385 e. The van der Waals surface area contributed by atoms with Crippen LogP contribution in [0.1, 0.15) is 17.1 Å². The molecule has 0 aliphatic carbocycles. The van der Waals surface area contributed by atoms with E-state index in [1.54, 1.807) is 18.4 Å². The summed E-state index contributed by atoms with van der Waals surface area (Å²) in [6.07, 6.45) is 1.02. The molecule has 4 rings (SSSR count). The number of ether oxygens (including phenoxy) is 1. The molecule has 1 aromatic heterocycles. The van der Waals surface area contributed by atoms with Crippen molar-refractivity contribution in [1.82, 2.24) is 14.8 Å². The van der Waals surface area contributed by atoms with E-state index < -0.39 is 0 Å². The summed E-state index contributed by atoms with van der Waals surface area (Å²) in [4.78, 5) is 14.6. The van der Waals surface area contributed by atoms with Crippen LogP contribution < -0.4 is 5.32 Å². The Morgan fingerprint density at radius 1 is 1.25 bits per heavy atom. The van der Waals surface area contributed by atoms with Crippen LogP contribution in [0.4, 0.5) is 16.4 Å². The predicted molar refractivity (Wildman–Crippen MR) is 122 cm³/mol. The number of aliphatic imine (C=N–C) groups is 1. The lowest BCUT2D eigenvalue weighted by molar-refractivity contribution is 0.100. The summed E-state index contributed by atoms with van der Waals surface area (Å²) in [6.45, 7) is 5.74. The molecule has 1 aromatic carbocycles. The highest BCUT2D eigenvalue weighted by Gasteiger charge is 2.30. The predicted octanol–water partition coefficient (Wildman–Crippen LogP) is 4.08. The van der Waals surface area contributed by atoms with E-state index in [1.165, 1.54) is 0 Å². The van der Waals surface area contributed by atoms with Gasteiger partial charge >= 0.3 is 0 Å². The number of thiazole rings is 1. The topological polar surface area (TPSA) is 53.0 Å². The van der Waals surface area contributed by atoms with E-state index >= 15 is 0 Å². The number of aryl methyl sites for hydroxylation is 1. The molecular formula is C19H27Cl2N5OS. The SMILES string of the molecule is COCCC1CN(C2=Nc3ccccc3Nc3sc(C)nc32)CCN1C.Cl.Cl. The molecule has 1 saturated heterocycles. The minimum Gasteiger partial charge on any atom is -0.385 e. The van der Waals surface area contributed by atoms with Crippen molar-refractivity contribution in [1.29, 1.82) is 0 Å². The minimum atomic E-state index is 0. The number of methoxy groups -OCH3 is 1. The van der Waals surface area contributed by atoms with Gasteiger partial charge in [0, 0.05) is 39.4 Å². The number of amidine groups is 1. The Labute approximate surface area is 182 Å². The molecule has 0 amide bonds. The van der Waals surface area contributed by atoms with Crippen molar-refractivity contribution >= 4 is 58.4 Å². The Balaban J connectivity index is 0.00000140. The number of nitrogens with one attached hydrogen (secondary N) is 1. The van der Waals surface area contributed by atoms with Crippen molar-refractivity contribution in [2.75, 3.05) is 45.7 Å². The van der Waals surface area contributed by atoms with Gasteiger partial charge in [0.1, 0.15) is 10.7 Å². The maximum atomic E-state index is 5.30. The Bertz CT molecular complexity index is 828. The third kappa shape index (κ3) is 4.60. The molecule has 1 unspecified atom stereocenters. The highest BCUT2D eigenvalue weighted by atomic mass is 35.5. The maximum absolute atomic E-state index is 5.30. The number of fused-ring (bicyclic) bond motifs is 2. The molecule has 1 fully saturated rings. The second-order valence-electron chi connectivity index (χ2n) is 6.85. The van der Waals surface area contributed by atoms with Crippen molar-refractivity contribution in [2.45, 2.75) is 19.4 Å². The molecule has 2 aliphatic rings. The maximum Gasteiger partial charge on any atom is 0.158 e. The molecule has 1 N–H and O–H groups in total. The van der Waals surface area contributed by atoms with Crippen LogP contribution in [0.25, 0.3) is 0 Å². The lowest BCUT2D eigenvalue weighted by Gasteiger charge is -2.40. The molecule has 2 aliphatic heterocycles. The fourth-order valence-electron chi connectivity index (χ4n) is 3.55. The Hall–Kier alpha value is -1.38. The van der Waals surface area contributed by atoms with Crippen LogP contribution >= 0.6 is 36.2 Å². The van der Waals surface area contributed by atoms with Gasteiger partial charge in [-0.3, -0.25) is 4.90 Å². The summed E-state index contributed by atoms with van der Waals surface area (Å²) in [6, 6.07) is 8.67. The number of hydrogen-bond donors (Lipinski definition) is 1. The third-order valence-corrected chi connectivity index (χ3v) is 5.94. The molecule has 1 atom stereocenters. The van der Waals surface area contributed by atoms with E-state index in [1.807, 2.05) is 12.1 Å². The molecule has 3 heterocycles. The van der Waals surface area contributed by atoms with Gasteiger partial charge in [0.2, 0.25) is 0 Å². The highest BCUT2D eigenvalue weighted by Crippen LogP contribution is 2.37. The quantitative estimate of drug-likeness (QED) is 0.773. The summed E-state index contributed by atoms with van der Waals surface area (Å²) in [7, 11) is 3.96. The van der Waals surface area contributed by atoms with Crippen molar-refractivity contribution in [3.63, 3.8) is 0 Å². The van der Waals surface area contributed by atoms with Crippen molar-refractivity contribution in [3.05, 3.63) is 35.0 Å². The normalized spacial score (nSPS) is 18.6. The molecule has 0 saturated carbocycles. The molecule has 6 nitrogen and oxygen atoms in total. The first kappa shape index (κ1) is 22.9. The fourth-order valence-corrected chi connectivity index (χ4v) is 4.38. The number of para-hydroxylation sites is 2. The van der Waals surface area contributed by atoms with E-state index in [0.29, 0.717) is 6.04 Å². The first-order valence-electron chi connectivity index (χ1n) is 9.02. The second-order valence-corrected chi connectivity index (χ2v) is 8.05. The lowest BCUT2D eigenvalue weighted by Crippen LogP contribution is -2.53. The Morgan fingerprint density at radius 2 is 2.04 bits per heavy atom. The van der Waals surface area contributed by atoms with E-state index in [9.17, 15) is 0 Å². The first-order valence-corrected chi connectivity index (χ1v) is 9.84. The molecular weight excluding hydrogens is 417 g/mol. The monoisotopic (exact) mass is 443 g/mol. The third-order valence-electron chi connectivity index (χ3n) is 5.06. The van der Waals surface area contributed by atoms with Crippen LogP contribution in [0.2, 0.25) is 0 Å². The average molecular weight is 444 g/mol. The zero-order valence-corrected chi connectivity index (χ0v) is 18.8. The number of anilines is 2. The van der Waals surface area contributed by atoms with Crippen LogP contribution in [-0.4, -0.2) is 67.1 Å². The van der Waals surface area contributed by atoms with Gasteiger partial charge in [-0.15, -0.1) is 36.2 Å². The summed E-state index contributed by atoms with van der Waals surface area (Å²) < 4.78 is 5.30. The number of rotatable bonds is 3. The van der Waals surface area contributed by atoms with Gasteiger partial charge in [-0.25, -0.2) is 9.98 Å². The summed E-state index contributed by atoms with van der Waals surface area (Å²) in [5, 5.41) is 5.67. The lowest BCUT2D eigenvalue weighted by atomic mass is 10.1. The highest BCUT2D eigenvalue weighted by molar-refractivity contribution is 7.16. The van der Waals surface area contributed by atoms with E-state index in [2.05, 4.69) is 41.2 Å².